The number of ether oxygens (including phenoxy) is 1. The van der Waals surface area contributed by atoms with Crippen LogP contribution in [-0.2, 0) is 11.2 Å². The smallest absolute Gasteiger partial charge is 0.357 e. The largest absolute Gasteiger partial charge is 0.464 e. The number of rotatable bonds is 5. The zero-order valence-electron chi connectivity index (χ0n) is 16.5. The van der Waals surface area contributed by atoms with Crippen LogP contribution in [0.2, 0.25) is 0 Å². The molecule has 28 heavy (non-hydrogen) atoms. The predicted octanol–water partition coefficient (Wildman–Crippen LogP) is 3.94. The molecule has 0 unspecified atom stereocenters. The van der Waals surface area contributed by atoms with E-state index in [4.69, 9.17) is 4.74 Å². The van der Waals surface area contributed by atoms with Crippen LogP contribution in [0.25, 0.3) is 11.0 Å². The molecule has 1 aromatic carbocycles. The number of hydrogen-bond acceptors (Lipinski definition) is 7. The van der Waals surface area contributed by atoms with E-state index >= 15 is 0 Å². The highest BCUT2D eigenvalue weighted by Gasteiger charge is 2.21. The number of esters is 1. The first-order valence-electron chi connectivity index (χ1n) is 8.93. The molecule has 1 amide bonds. The van der Waals surface area contributed by atoms with Gasteiger partial charge >= 0.3 is 5.97 Å². The number of aromatic nitrogens is 3. The average Bonchev–Trinajstić information content (AvgIpc) is 3.03. The Kier molecular flexibility index (Phi) is 5.69. The molecule has 1 N–H and O–H groups in total. The number of carbonyl (C=O) groups excluding carboxylic acids is 2. The number of carbonyl (C=O) groups is 2. The van der Waals surface area contributed by atoms with Gasteiger partial charge in [0.1, 0.15) is 0 Å². The second kappa shape index (κ2) is 8.02. The second-order valence-electron chi connectivity index (χ2n) is 6.93. The zero-order chi connectivity index (χ0) is 20.4. The van der Waals surface area contributed by atoms with Crippen LogP contribution in [0, 0.1) is 19.8 Å². The maximum atomic E-state index is 12.7. The number of hydrogen-bond donors (Lipinski definition) is 1. The Labute approximate surface area is 167 Å². The minimum Gasteiger partial charge on any atom is -0.464 e. The highest BCUT2D eigenvalue weighted by molar-refractivity contribution is 7.16. The maximum absolute atomic E-state index is 12.7. The van der Waals surface area contributed by atoms with E-state index < -0.39 is 5.97 Å². The van der Waals surface area contributed by atoms with E-state index in [9.17, 15) is 9.59 Å². The van der Waals surface area contributed by atoms with Gasteiger partial charge in [0.15, 0.2) is 10.8 Å². The molecule has 3 aromatic rings. The van der Waals surface area contributed by atoms with Gasteiger partial charge in [0.25, 0.3) is 5.91 Å². The van der Waals surface area contributed by atoms with Crippen molar-refractivity contribution in [2.75, 3.05) is 12.4 Å². The minimum atomic E-state index is -0.501. The Morgan fingerprint density at radius 2 is 1.79 bits per heavy atom. The molecule has 0 radical (unpaired) electrons. The molecule has 0 saturated heterocycles. The number of aryl methyl sites for hydroxylation is 2. The fraction of sp³-hybridized carbons (Fsp3) is 0.350. The Hall–Kier alpha value is -2.87. The van der Waals surface area contributed by atoms with Crippen LogP contribution in [0.4, 0.5) is 5.13 Å². The summed E-state index contributed by atoms with van der Waals surface area (Å²) in [6.07, 6.45) is 0.683. The predicted molar refractivity (Wildman–Crippen MR) is 109 cm³/mol. The van der Waals surface area contributed by atoms with Gasteiger partial charge in [-0.3, -0.25) is 10.1 Å². The molecule has 0 aliphatic carbocycles. The third-order valence-electron chi connectivity index (χ3n) is 4.23. The fourth-order valence-corrected chi connectivity index (χ4v) is 3.87. The van der Waals surface area contributed by atoms with Crippen molar-refractivity contribution in [1.29, 1.82) is 0 Å². The molecule has 0 spiro atoms. The molecule has 2 heterocycles. The SMILES string of the molecule is COC(=O)c1nc(NC(=O)c2ccc3nc(C)c(C)nc3c2)sc1CC(C)C. The van der Waals surface area contributed by atoms with Crippen molar-refractivity contribution in [3.8, 4) is 0 Å². The summed E-state index contributed by atoms with van der Waals surface area (Å²) in [5.74, 6) is -0.472. The van der Waals surface area contributed by atoms with Crippen molar-refractivity contribution in [1.82, 2.24) is 15.0 Å². The number of nitrogens with one attached hydrogen (secondary N) is 1. The van der Waals surface area contributed by atoms with Crippen molar-refractivity contribution in [2.24, 2.45) is 5.92 Å². The molecular formula is C20H22N4O3S. The molecule has 146 valence electrons. The van der Waals surface area contributed by atoms with Crippen molar-refractivity contribution >= 4 is 39.4 Å². The van der Waals surface area contributed by atoms with E-state index in [1.807, 2.05) is 13.8 Å². The summed E-state index contributed by atoms with van der Waals surface area (Å²) in [5, 5.41) is 3.14. The van der Waals surface area contributed by atoms with Gasteiger partial charge in [0.05, 0.1) is 29.5 Å². The first-order valence-corrected chi connectivity index (χ1v) is 9.74. The summed E-state index contributed by atoms with van der Waals surface area (Å²) in [6.45, 7) is 7.89. The number of methoxy groups -OCH3 is 1. The molecule has 0 aliphatic rings. The molecule has 7 nitrogen and oxygen atoms in total. The van der Waals surface area contributed by atoms with Gasteiger partial charge in [0.2, 0.25) is 0 Å². The van der Waals surface area contributed by atoms with Gasteiger partial charge < -0.3 is 4.74 Å². The first kappa shape index (κ1) is 19.9. The standard InChI is InChI=1S/C20H22N4O3S/c1-10(2)8-16-17(19(26)27-5)23-20(28-16)24-18(25)13-6-7-14-15(9-13)22-12(4)11(3)21-14/h6-7,9-10H,8H2,1-5H3,(H,23,24,25). The van der Waals surface area contributed by atoms with Crippen molar-refractivity contribution < 1.29 is 14.3 Å². The highest BCUT2D eigenvalue weighted by Crippen LogP contribution is 2.27. The quantitative estimate of drug-likeness (QED) is 0.654. The maximum Gasteiger partial charge on any atom is 0.357 e. The summed E-state index contributed by atoms with van der Waals surface area (Å²) >= 11 is 1.29. The summed E-state index contributed by atoms with van der Waals surface area (Å²) in [6, 6.07) is 5.18. The normalized spacial score (nSPS) is 11.1. The van der Waals surface area contributed by atoms with Crippen LogP contribution in [0.15, 0.2) is 18.2 Å². The van der Waals surface area contributed by atoms with E-state index in [1.54, 1.807) is 18.2 Å². The van der Waals surface area contributed by atoms with Crippen LogP contribution < -0.4 is 5.32 Å². The number of fused-ring (bicyclic) bond motifs is 1. The topological polar surface area (TPSA) is 94.1 Å². The van der Waals surface area contributed by atoms with Crippen LogP contribution in [0.3, 0.4) is 0 Å². The molecule has 2 aromatic heterocycles. The molecule has 3 rings (SSSR count). The summed E-state index contributed by atoms with van der Waals surface area (Å²) in [7, 11) is 1.32. The van der Waals surface area contributed by atoms with Crippen molar-refractivity contribution in [3.05, 3.63) is 45.7 Å². The number of amides is 1. The molecule has 0 fully saturated rings. The van der Waals surface area contributed by atoms with Gasteiger partial charge in [-0.25, -0.2) is 19.7 Å². The van der Waals surface area contributed by atoms with E-state index in [1.165, 1.54) is 18.4 Å². The molecule has 0 aliphatic heterocycles. The van der Waals surface area contributed by atoms with E-state index in [2.05, 4.69) is 34.1 Å². The lowest BCUT2D eigenvalue weighted by Gasteiger charge is -2.05. The van der Waals surface area contributed by atoms with Crippen LogP contribution >= 0.6 is 11.3 Å². The highest BCUT2D eigenvalue weighted by atomic mass is 32.1. The van der Waals surface area contributed by atoms with Gasteiger partial charge in [-0.15, -0.1) is 11.3 Å². The van der Waals surface area contributed by atoms with E-state index in [0.29, 0.717) is 28.6 Å². The van der Waals surface area contributed by atoms with Gasteiger partial charge in [0, 0.05) is 10.4 Å². The Bertz CT molecular complexity index is 1060. The Morgan fingerprint density at radius 3 is 2.43 bits per heavy atom. The summed E-state index contributed by atoms with van der Waals surface area (Å²) in [5.41, 5.74) is 3.79. The van der Waals surface area contributed by atoms with Crippen LogP contribution in [0.5, 0.6) is 0 Å². The van der Waals surface area contributed by atoms with E-state index in [-0.39, 0.29) is 11.6 Å². The zero-order valence-corrected chi connectivity index (χ0v) is 17.3. The van der Waals surface area contributed by atoms with Crippen molar-refractivity contribution in [2.45, 2.75) is 34.1 Å². The second-order valence-corrected chi connectivity index (χ2v) is 8.02. The third kappa shape index (κ3) is 4.17. The number of thiazole rings is 1. The lowest BCUT2D eigenvalue weighted by atomic mass is 10.1. The Balaban J connectivity index is 1.88. The van der Waals surface area contributed by atoms with Crippen LogP contribution in [-0.4, -0.2) is 33.9 Å². The van der Waals surface area contributed by atoms with Crippen LogP contribution in [0.1, 0.15) is 51.0 Å². The Morgan fingerprint density at radius 1 is 1.11 bits per heavy atom. The first-order chi connectivity index (χ1) is 13.3. The molecule has 0 atom stereocenters. The average molecular weight is 398 g/mol. The molecule has 8 heteroatoms. The summed E-state index contributed by atoms with van der Waals surface area (Å²) < 4.78 is 4.81. The third-order valence-corrected chi connectivity index (χ3v) is 5.22. The molecule has 0 bridgehead atoms. The summed E-state index contributed by atoms with van der Waals surface area (Å²) in [4.78, 5) is 38.7. The van der Waals surface area contributed by atoms with Gasteiger partial charge in [-0.2, -0.15) is 0 Å². The number of nitrogens with zero attached hydrogens (tertiary/aromatic N) is 3. The van der Waals surface area contributed by atoms with Gasteiger partial charge in [-0.05, 0) is 44.4 Å². The molecular weight excluding hydrogens is 376 g/mol. The van der Waals surface area contributed by atoms with E-state index in [0.717, 1.165) is 21.8 Å². The monoisotopic (exact) mass is 398 g/mol. The number of anilines is 1. The van der Waals surface area contributed by atoms with Gasteiger partial charge in [-0.1, -0.05) is 13.8 Å². The lowest BCUT2D eigenvalue weighted by molar-refractivity contribution is 0.0593. The van der Waals surface area contributed by atoms with Crippen molar-refractivity contribution in [3.63, 3.8) is 0 Å². The number of benzene rings is 1. The minimum absolute atomic E-state index is 0.256. The fourth-order valence-electron chi connectivity index (χ4n) is 2.71. The molecule has 0 saturated carbocycles. The lowest BCUT2D eigenvalue weighted by Crippen LogP contribution is -2.12.